The Morgan fingerprint density at radius 3 is 2.35 bits per heavy atom. The van der Waals surface area contributed by atoms with Gasteiger partial charge in [-0.3, -0.25) is 0 Å². The number of aromatic nitrogens is 3. The minimum absolute atomic E-state index is 0.286. The highest BCUT2D eigenvalue weighted by molar-refractivity contribution is 4.54. The van der Waals surface area contributed by atoms with Gasteiger partial charge in [0, 0.05) is 5.10 Å². The zero-order valence-electron chi connectivity index (χ0n) is 13.3. The van der Waals surface area contributed by atoms with Crippen LogP contribution in [0.25, 0.3) is 0 Å². The van der Waals surface area contributed by atoms with Crippen LogP contribution in [-0.2, 0) is 13.1 Å². The molecule has 0 aliphatic heterocycles. The van der Waals surface area contributed by atoms with Gasteiger partial charge in [0.05, 0.1) is 12.6 Å². The molecular formula is C16H32N3O+. The second-order valence-electron chi connectivity index (χ2n) is 5.74. The molecular weight excluding hydrogens is 250 g/mol. The van der Waals surface area contributed by atoms with E-state index in [0.29, 0.717) is 6.54 Å². The zero-order valence-corrected chi connectivity index (χ0v) is 13.3. The summed E-state index contributed by atoms with van der Waals surface area (Å²) in [6, 6.07) is 0. The Hall–Kier alpha value is -0.900. The second kappa shape index (κ2) is 10.8. The summed E-state index contributed by atoms with van der Waals surface area (Å²) in [6.07, 6.45) is 15.1. The van der Waals surface area contributed by atoms with Crippen LogP contribution in [0, 0.1) is 0 Å². The highest BCUT2D eigenvalue weighted by Crippen LogP contribution is 2.08. The molecule has 0 radical (unpaired) electrons. The van der Waals surface area contributed by atoms with Crippen molar-refractivity contribution in [3.8, 4) is 0 Å². The first-order valence-electron chi connectivity index (χ1n) is 8.35. The van der Waals surface area contributed by atoms with Crippen LogP contribution < -0.4 is 4.57 Å². The highest BCUT2D eigenvalue weighted by atomic mass is 16.3. The van der Waals surface area contributed by atoms with Crippen LogP contribution in [0.15, 0.2) is 12.7 Å². The number of unbranched alkanes of at least 4 members (excludes halogenated alkanes) is 7. The van der Waals surface area contributed by atoms with Crippen molar-refractivity contribution in [3.63, 3.8) is 0 Å². The van der Waals surface area contributed by atoms with Crippen molar-refractivity contribution < 1.29 is 9.67 Å². The topological polar surface area (TPSA) is 41.9 Å². The average Bonchev–Trinajstić information content (AvgIpc) is 2.89. The van der Waals surface area contributed by atoms with E-state index in [1.165, 1.54) is 51.4 Å². The molecule has 1 heterocycles. The van der Waals surface area contributed by atoms with E-state index in [1.54, 1.807) is 0 Å². The zero-order chi connectivity index (χ0) is 14.6. The minimum Gasteiger partial charge on any atom is -0.390 e. The van der Waals surface area contributed by atoms with Crippen molar-refractivity contribution >= 4 is 0 Å². The number of nitrogens with zero attached hydrogens (tertiary/aromatic N) is 3. The van der Waals surface area contributed by atoms with Crippen LogP contribution in [0.3, 0.4) is 0 Å². The number of hydrogen-bond acceptors (Lipinski definition) is 2. The Bertz CT molecular complexity index is 338. The van der Waals surface area contributed by atoms with Crippen molar-refractivity contribution in [1.29, 1.82) is 0 Å². The maximum atomic E-state index is 9.59. The maximum absolute atomic E-state index is 9.59. The summed E-state index contributed by atoms with van der Waals surface area (Å²) in [5.74, 6) is 0. The van der Waals surface area contributed by atoms with Crippen molar-refractivity contribution in [2.75, 3.05) is 0 Å². The molecule has 116 valence electrons. The molecule has 1 N–H and O–H groups in total. The molecule has 0 fully saturated rings. The summed E-state index contributed by atoms with van der Waals surface area (Å²) >= 11 is 0. The van der Waals surface area contributed by atoms with Crippen LogP contribution in [0.2, 0.25) is 0 Å². The van der Waals surface area contributed by atoms with Crippen LogP contribution in [0.1, 0.15) is 71.6 Å². The van der Waals surface area contributed by atoms with Gasteiger partial charge in [-0.1, -0.05) is 58.8 Å². The molecule has 0 aliphatic carbocycles. The van der Waals surface area contributed by atoms with Gasteiger partial charge in [-0.05, 0) is 12.8 Å². The summed E-state index contributed by atoms with van der Waals surface area (Å²) in [5, 5.41) is 13.9. The molecule has 0 aliphatic rings. The smallest absolute Gasteiger partial charge is 0.265 e. The number of aryl methyl sites for hydroxylation is 1. The molecule has 1 aromatic rings. The molecule has 1 aromatic heterocycles. The summed E-state index contributed by atoms with van der Waals surface area (Å²) in [7, 11) is 0. The third kappa shape index (κ3) is 7.63. The van der Waals surface area contributed by atoms with E-state index in [1.807, 2.05) is 24.3 Å². The standard InChI is InChI=1S/C16H32N3O/c1-3-5-6-7-8-9-10-11-12-18-14-17-19(15-18)13-16(20)4-2/h14-16,20H,3-13H2,1-2H3/q+1/t16-/m0/s1. The molecule has 0 spiro atoms. The highest BCUT2D eigenvalue weighted by Gasteiger charge is 2.09. The lowest BCUT2D eigenvalue weighted by Gasteiger charge is -2.01. The Balaban J connectivity index is 2.04. The normalized spacial score (nSPS) is 12.8. The lowest BCUT2D eigenvalue weighted by atomic mass is 10.1. The number of hydrogen-bond donors (Lipinski definition) is 1. The van der Waals surface area contributed by atoms with Crippen LogP contribution in [0.5, 0.6) is 0 Å². The Kier molecular flexibility index (Phi) is 9.29. The lowest BCUT2D eigenvalue weighted by Crippen LogP contribution is -2.31. The van der Waals surface area contributed by atoms with Gasteiger partial charge in [0.25, 0.3) is 6.33 Å². The molecule has 0 amide bonds. The van der Waals surface area contributed by atoms with Crippen LogP contribution in [0.4, 0.5) is 0 Å². The summed E-state index contributed by atoms with van der Waals surface area (Å²) in [6.45, 7) is 5.89. The fraction of sp³-hybridized carbons (Fsp3) is 0.875. The molecule has 0 bridgehead atoms. The van der Waals surface area contributed by atoms with E-state index in [-0.39, 0.29) is 6.10 Å². The van der Waals surface area contributed by atoms with Crippen molar-refractivity contribution in [3.05, 3.63) is 12.7 Å². The van der Waals surface area contributed by atoms with E-state index in [2.05, 4.69) is 16.6 Å². The van der Waals surface area contributed by atoms with Crippen molar-refractivity contribution in [1.82, 2.24) is 9.78 Å². The fourth-order valence-electron chi connectivity index (χ4n) is 2.35. The lowest BCUT2D eigenvalue weighted by molar-refractivity contribution is -0.698. The maximum Gasteiger partial charge on any atom is 0.265 e. The number of aliphatic hydroxyl groups excluding tert-OH is 1. The third-order valence-corrected chi connectivity index (χ3v) is 3.77. The van der Waals surface area contributed by atoms with E-state index in [4.69, 9.17) is 0 Å². The molecule has 1 rings (SSSR count). The van der Waals surface area contributed by atoms with Gasteiger partial charge >= 0.3 is 0 Å². The van der Waals surface area contributed by atoms with E-state index >= 15 is 0 Å². The first-order chi connectivity index (χ1) is 9.76. The van der Waals surface area contributed by atoms with Gasteiger partial charge in [0.2, 0.25) is 6.33 Å². The molecule has 1 atom stereocenters. The fourth-order valence-corrected chi connectivity index (χ4v) is 2.35. The van der Waals surface area contributed by atoms with Crippen LogP contribution >= 0.6 is 0 Å². The molecule has 0 saturated heterocycles. The van der Waals surface area contributed by atoms with E-state index in [0.717, 1.165) is 13.0 Å². The Morgan fingerprint density at radius 1 is 1.05 bits per heavy atom. The quantitative estimate of drug-likeness (QED) is 0.473. The predicted octanol–water partition coefficient (Wildman–Crippen LogP) is 3.08. The van der Waals surface area contributed by atoms with Crippen molar-refractivity contribution in [2.45, 2.75) is 90.8 Å². The SMILES string of the molecule is CCCCCCCCCC[n+]1cnn(C[C@@H](O)CC)c1. The van der Waals surface area contributed by atoms with Gasteiger partial charge < -0.3 is 5.11 Å². The molecule has 20 heavy (non-hydrogen) atoms. The third-order valence-electron chi connectivity index (χ3n) is 3.77. The number of aliphatic hydroxyl groups is 1. The molecule has 0 aromatic carbocycles. The first-order valence-corrected chi connectivity index (χ1v) is 8.35. The van der Waals surface area contributed by atoms with E-state index < -0.39 is 0 Å². The largest absolute Gasteiger partial charge is 0.390 e. The van der Waals surface area contributed by atoms with Crippen LogP contribution in [-0.4, -0.2) is 21.0 Å². The number of rotatable bonds is 12. The summed E-state index contributed by atoms with van der Waals surface area (Å²) < 4.78 is 3.96. The molecule has 4 nitrogen and oxygen atoms in total. The average molecular weight is 282 g/mol. The Labute approximate surface area is 123 Å². The van der Waals surface area contributed by atoms with Gasteiger partial charge in [0.1, 0.15) is 6.54 Å². The summed E-state index contributed by atoms with van der Waals surface area (Å²) in [5.41, 5.74) is 0. The predicted molar refractivity (Wildman–Crippen MR) is 81.3 cm³/mol. The van der Waals surface area contributed by atoms with Gasteiger partial charge in [-0.25, -0.2) is 4.57 Å². The monoisotopic (exact) mass is 282 g/mol. The molecule has 0 saturated carbocycles. The molecule has 4 heteroatoms. The van der Waals surface area contributed by atoms with Gasteiger partial charge in [-0.15, -0.1) is 4.68 Å². The summed E-state index contributed by atoms with van der Waals surface area (Å²) in [4.78, 5) is 0. The van der Waals surface area contributed by atoms with Gasteiger partial charge in [0.15, 0.2) is 0 Å². The Morgan fingerprint density at radius 2 is 1.70 bits per heavy atom. The van der Waals surface area contributed by atoms with E-state index in [9.17, 15) is 5.11 Å². The molecule has 0 unspecified atom stereocenters. The van der Waals surface area contributed by atoms with Gasteiger partial charge in [-0.2, -0.15) is 0 Å². The minimum atomic E-state index is -0.286. The second-order valence-corrected chi connectivity index (χ2v) is 5.74. The first kappa shape index (κ1) is 17.2. The van der Waals surface area contributed by atoms with Crippen molar-refractivity contribution in [2.24, 2.45) is 0 Å².